The van der Waals surface area contributed by atoms with E-state index < -0.39 is 18.0 Å². The van der Waals surface area contributed by atoms with Crippen LogP contribution in [0.1, 0.15) is 34.6 Å². The number of benzene rings is 1. The molecule has 2 amide bonds. The maximum Gasteiger partial charge on any atom is 0.254 e. The van der Waals surface area contributed by atoms with Gasteiger partial charge in [-0.2, -0.15) is 0 Å². The molecular weight excluding hydrogens is 422 g/mol. The minimum atomic E-state index is -0.874. The van der Waals surface area contributed by atoms with Crippen LogP contribution >= 0.6 is 11.6 Å². The van der Waals surface area contributed by atoms with Crippen LogP contribution in [-0.2, 0) is 14.2 Å². The smallest absolute Gasteiger partial charge is 0.254 e. The lowest BCUT2D eigenvalue weighted by Crippen LogP contribution is -2.52. The third kappa shape index (κ3) is 6.73. The first-order valence-corrected chi connectivity index (χ1v) is 10.4. The second-order valence-electron chi connectivity index (χ2n) is 7.44. The number of ether oxygens (including phenoxy) is 3. The maximum absolute atomic E-state index is 12.5. The molecule has 0 radical (unpaired) electrons. The highest BCUT2D eigenvalue weighted by Crippen LogP contribution is 2.20. The lowest BCUT2D eigenvalue weighted by Gasteiger charge is -2.37. The molecule has 1 aromatic carbocycles. The number of halogens is 1. The molecule has 166 valence electrons. The molecule has 0 saturated carbocycles. The molecule has 1 aliphatic rings. The van der Waals surface area contributed by atoms with Crippen LogP contribution in [0.5, 0.6) is 0 Å². The maximum atomic E-state index is 12.5. The van der Waals surface area contributed by atoms with E-state index in [9.17, 15) is 9.59 Å². The summed E-state index contributed by atoms with van der Waals surface area (Å²) in [5.74, 6) is -1.47. The van der Waals surface area contributed by atoms with Crippen molar-refractivity contribution in [3.63, 3.8) is 0 Å². The first-order valence-electron chi connectivity index (χ1n) is 10.0. The van der Waals surface area contributed by atoms with Crippen LogP contribution in [0, 0.1) is 0 Å². The van der Waals surface area contributed by atoms with Crippen LogP contribution in [0.2, 0.25) is 5.15 Å². The molecule has 31 heavy (non-hydrogen) atoms. The molecule has 3 rings (SSSR count). The lowest BCUT2D eigenvalue weighted by atomic mass is 10.1. The Balaban J connectivity index is 1.67. The summed E-state index contributed by atoms with van der Waals surface area (Å²) < 4.78 is 17.6. The molecule has 2 aromatic rings. The Morgan fingerprint density at radius 3 is 2.48 bits per heavy atom. The average Bonchev–Trinajstić information content (AvgIpc) is 2.75. The number of rotatable bonds is 6. The van der Waals surface area contributed by atoms with Crippen molar-refractivity contribution >= 4 is 23.4 Å². The Labute approximate surface area is 186 Å². The molecule has 1 fully saturated rings. The third-order valence-corrected chi connectivity index (χ3v) is 4.98. The number of aromatic nitrogens is 1. The van der Waals surface area contributed by atoms with E-state index in [2.05, 4.69) is 15.6 Å². The zero-order valence-electron chi connectivity index (χ0n) is 17.5. The molecule has 2 heterocycles. The monoisotopic (exact) mass is 447 g/mol. The van der Waals surface area contributed by atoms with Gasteiger partial charge in [-0.1, -0.05) is 29.8 Å². The molecule has 8 nitrogen and oxygen atoms in total. The Bertz CT molecular complexity index is 894. The van der Waals surface area contributed by atoms with Crippen molar-refractivity contribution in [1.29, 1.82) is 0 Å². The molecule has 1 aromatic heterocycles. The predicted octanol–water partition coefficient (Wildman–Crippen LogP) is 2.43. The quantitative estimate of drug-likeness (QED) is 0.660. The van der Waals surface area contributed by atoms with E-state index in [1.807, 2.05) is 6.07 Å². The first-order chi connectivity index (χ1) is 14.9. The number of pyridine rings is 1. The molecular formula is C22H26ClN3O5. The second kappa shape index (κ2) is 10.7. The summed E-state index contributed by atoms with van der Waals surface area (Å²) in [7, 11) is 0. The van der Waals surface area contributed by atoms with Gasteiger partial charge < -0.3 is 24.8 Å². The molecule has 1 saturated heterocycles. The zero-order valence-corrected chi connectivity index (χ0v) is 18.2. The van der Waals surface area contributed by atoms with Crippen LogP contribution < -0.4 is 10.6 Å². The molecule has 9 heteroatoms. The van der Waals surface area contributed by atoms with Gasteiger partial charge in [-0.3, -0.25) is 9.59 Å². The van der Waals surface area contributed by atoms with E-state index in [-0.39, 0.29) is 35.6 Å². The van der Waals surface area contributed by atoms with E-state index in [0.29, 0.717) is 18.8 Å². The van der Waals surface area contributed by atoms with E-state index in [4.69, 9.17) is 25.8 Å². The van der Waals surface area contributed by atoms with Crippen LogP contribution in [0.15, 0.2) is 48.7 Å². The van der Waals surface area contributed by atoms with Gasteiger partial charge in [0.15, 0.2) is 5.79 Å². The highest BCUT2D eigenvalue weighted by Gasteiger charge is 2.33. The van der Waals surface area contributed by atoms with Crippen molar-refractivity contribution in [2.45, 2.75) is 31.8 Å². The number of nitrogens with one attached hydrogen (secondary N) is 2. The second-order valence-corrected chi connectivity index (χ2v) is 7.80. The summed E-state index contributed by atoms with van der Waals surface area (Å²) in [5, 5.41) is 5.80. The minimum absolute atomic E-state index is 0.121. The fourth-order valence-electron chi connectivity index (χ4n) is 3.16. The highest BCUT2D eigenvalue weighted by molar-refractivity contribution is 6.32. The summed E-state index contributed by atoms with van der Waals surface area (Å²) in [6.45, 7) is 4.60. The van der Waals surface area contributed by atoms with E-state index in [1.165, 1.54) is 6.20 Å². The predicted molar refractivity (Wildman–Crippen MR) is 115 cm³/mol. The van der Waals surface area contributed by atoms with Gasteiger partial charge >= 0.3 is 0 Å². The Kier molecular flexibility index (Phi) is 7.97. The fourth-order valence-corrected chi connectivity index (χ4v) is 3.37. The zero-order chi connectivity index (χ0) is 22.3. The summed E-state index contributed by atoms with van der Waals surface area (Å²) >= 11 is 6.01. The van der Waals surface area contributed by atoms with E-state index >= 15 is 0 Å². The molecule has 0 spiro atoms. The summed E-state index contributed by atoms with van der Waals surface area (Å²) in [6.07, 6.45) is 0.435. The van der Waals surface area contributed by atoms with Gasteiger partial charge in [0.25, 0.3) is 11.8 Å². The van der Waals surface area contributed by atoms with Crippen molar-refractivity contribution in [1.82, 2.24) is 15.6 Å². The summed E-state index contributed by atoms with van der Waals surface area (Å²) in [5.41, 5.74) is 0.814. The molecule has 1 aliphatic heterocycles. The van der Waals surface area contributed by atoms with Gasteiger partial charge in [0.05, 0.1) is 18.8 Å². The van der Waals surface area contributed by atoms with Crippen molar-refractivity contribution < 1.29 is 23.8 Å². The van der Waals surface area contributed by atoms with Gasteiger partial charge in [0.1, 0.15) is 17.4 Å². The Hall–Kier alpha value is -2.52. The van der Waals surface area contributed by atoms with Gasteiger partial charge in [-0.05, 0) is 38.1 Å². The standard InChI is InChI=1S/C22H26ClN3O5/c1-22(2)30-12-11-29-17(13-26-21(28)16-9-6-10-24-19(16)23)18(31-22)14-25-20(27)15-7-4-3-5-8-15/h3-10,17-18H,11-14H2,1-2H3,(H,25,27)(H,26,28)/t17-,18+/m1/s1. The summed E-state index contributed by atoms with van der Waals surface area (Å²) in [6, 6.07) is 12.1. The number of carbonyl (C=O) groups excluding carboxylic acids is 2. The van der Waals surface area contributed by atoms with Crippen LogP contribution in [-0.4, -0.2) is 61.1 Å². The Morgan fingerprint density at radius 1 is 1.03 bits per heavy atom. The largest absolute Gasteiger partial charge is 0.371 e. The number of hydrogen-bond donors (Lipinski definition) is 2. The lowest BCUT2D eigenvalue weighted by molar-refractivity contribution is -0.277. The van der Waals surface area contributed by atoms with E-state index in [1.54, 1.807) is 50.2 Å². The molecule has 0 unspecified atom stereocenters. The minimum Gasteiger partial charge on any atom is -0.371 e. The topological polar surface area (TPSA) is 98.8 Å². The number of nitrogens with zero attached hydrogens (tertiary/aromatic N) is 1. The number of hydrogen-bond acceptors (Lipinski definition) is 6. The Morgan fingerprint density at radius 2 is 1.74 bits per heavy atom. The van der Waals surface area contributed by atoms with Gasteiger partial charge in [0, 0.05) is 24.8 Å². The summed E-state index contributed by atoms with van der Waals surface area (Å²) in [4.78, 5) is 28.9. The van der Waals surface area contributed by atoms with Crippen LogP contribution in [0.4, 0.5) is 0 Å². The molecule has 0 bridgehead atoms. The van der Waals surface area contributed by atoms with Crippen molar-refractivity contribution in [2.24, 2.45) is 0 Å². The van der Waals surface area contributed by atoms with Gasteiger partial charge in [0.2, 0.25) is 0 Å². The van der Waals surface area contributed by atoms with Gasteiger partial charge in [-0.25, -0.2) is 4.98 Å². The number of carbonyl (C=O) groups is 2. The van der Waals surface area contributed by atoms with Crippen molar-refractivity contribution in [3.8, 4) is 0 Å². The van der Waals surface area contributed by atoms with Gasteiger partial charge in [-0.15, -0.1) is 0 Å². The first kappa shape index (κ1) is 23.1. The average molecular weight is 448 g/mol. The highest BCUT2D eigenvalue weighted by atomic mass is 35.5. The SMILES string of the molecule is CC1(C)OCCO[C@H](CNC(=O)c2cccnc2Cl)[C@H](CNC(=O)c2ccccc2)O1. The normalized spacial score (nSPS) is 20.9. The third-order valence-electron chi connectivity index (χ3n) is 4.68. The van der Waals surface area contributed by atoms with E-state index in [0.717, 1.165) is 0 Å². The van der Waals surface area contributed by atoms with Crippen molar-refractivity contribution in [2.75, 3.05) is 26.3 Å². The van der Waals surface area contributed by atoms with Crippen molar-refractivity contribution in [3.05, 3.63) is 64.9 Å². The molecule has 2 atom stereocenters. The number of amides is 2. The van der Waals surface area contributed by atoms with Crippen LogP contribution in [0.25, 0.3) is 0 Å². The molecule has 2 N–H and O–H groups in total. The van der Waals surface area contributed by atoms with Crippen LogP contribution in [0.3, 0.4) is 0 Å². The fraction of sp³-hybridized carbons (Fsp3) is 0.409. The molecule has 0 aliphatic carbocycles.